The average molecular weight is 300 g/mol. The van der Waals surface area contributed by atoms with Crippen molar-refractivity contribution in [2.45, 2.75) is 65.1 Å². The second kappa shape index (κ2) is 7.43. The maximum Gasteiger partial charge on any atom is 0.0847 e. The molecule has 5 heteroatoms. The van der Waals surface area contributed by atoms with E-state index in [1.807, 2.05) is 11.6 Å². The van der Waals surface area contributed by atoms with Crippen LogP contribution in [0.1, 0.15) is 44.5 Å². The number of ether oxygens (including phenoxy) is 1. The van der Waals surface area contributed by atoms with Gasteiger partial charge in [0.15, 0.2) is 0 Å². The number of aryl methyl sites for hydroxylation is 2. The van der Waals surface area contributed by atoms with Crippen LogP contribution in [0.2, 0.25) is 5.02 Å². The van der Waals surface area contributed by atoms with Gasteiger partial charge in [-0.1, -0.05) is 18.5 Å². The van der Waals surface area contributed by atoms with Crippen LogP contribution in [0.15, 0.2) is 0 Å². The summed E-state index contributed by atoms with van der Waals surface area (Å²) < 4.78 is 7.97. The summed E-state index contributed by atoms with van der Waals surface area (Å²) in [6, 6.07) is 0.319. The summed E-state index contributed by atoms with van der Waals surface area (Å²) in [6.45, 7) is 8.89. The van der Waals surface area contributed by atoms with Crippen LogP contribution < -0.4 is 5.32 Å². The molecule has 114 valence electrons. The molecule has 0 spiro atoms. The molecule has 0 aromatic carbocycles. The number of nitrogens with one attached hydrogen (secondary N) is 1. The summed E-state index contributed by atoms with van der Waals surface area (Å²) in [5.41, 5.74) is 2.05. The van der Waals surface area contributed by atoms with E-state index in [1.165, 1.54) is 12.8 Å². The Morgan fingerprint density at radius 3 is 2.85 bits per heavy atom. The van der Waals surface area contributed by atoms with Crippen molar-refractivity contribution in [3.63, 3.8) is 0 Å². The summed E-state index contributed by atoms with van der Waals surface area (Å²) >= 11 is 6.42. The van der Waals surface area contributed by atoms with Crippen LogP contribution in [-0.2, 0) is 17.7 Å². The van der Waals surface area contributed by atoms with Gasteiger partial charge in [0, 0.05) is 25.6 Å². The summed E-state index contributed by atoms with van der Waals surface area (Å²) in [5.74, 6) is 0. The van der Waals surface area contributed by atoms with E-state index in [1.54, 1.807) is 0 Å². The Labute approximate surface area is 126 Å². The van der Waals surface area contributed by atoms with Gasteiger partial charge in [0.25, 0.3) is 0 Å². The number of aromatic nitrogens is 2. The normalized spacial score (nSPS) is 21.1. The van der Waals surface area contributed by atoms with E-state index in [0.717, 1.165) is 48.9 Å². The van der Waals surface area contributed by atoms with Crippen LogP contribution >= 0.6 is 11.6 Å². The zero-order valence-electron chi connectivity index (χ0n) is 12.8. The number of likely N-dealkylation sites (N-methyl/N-ethyl adjacent to an activating group) is 1. The quantitative estimate of drug-likeness (QED) is 0.878. The molecule has 1 aromatic heterocycles. The summed E-state index contributed by atoms with van der Waals surface area (Å²) in [6.07, 6.45) is 4.75. The van der Waals surface area contributed by atoms with Crippen molar-refractivity contribution in [2.24, 2.45) is 0 Å². The molecule has 0 saturated carbocycles. The van der Waals surface area contributed by atoms with E-state index in [0.29, 0.717) is 12.1 Å². The van der Waals surface area contributed by atoms with E-state index in [4.69, 9.17) is 16.3 Å². The van der Waals surface area contributed by atoms with E-state index >= 15 is 0 Å². The molecule has 2 rings (SSSR count). The summed E-state index contributed by atoms with van der Waals surface area (Å²) in [4.78, 5) is 0. The first-order valence-corrected chi connectivity index (χ1v) is 8.11. The molecule has 1 aliphatic rings. The van der Waals surface area contributed by atoms with Gasteiger partial charge >= 0.3 is 0 Å². The first-order valence-electron chi connectivity index (χ1n) is 7.74. The third kappa shape index (κ3) is 3.54. The molecule has 2 atom stereocenters. The molecule has 1 aliphatic heterocycles. The highest BCUT2D eigenvalue weighted by molar-refractivity contribution is 6.31. The highest BCUT2D eigenvalue weighted by Crippen LogP contribution is 2.25. The van der Waals surface area contributed by atoms with Crippen LogP contribution in [0.3, 0.4) is 0 Å². The lowest BCUT2D eigenvalue weighted by Gasteiger charge is -2.31. The fourth-order valence-corrected chi connectivity index (χ4v) is 3.17. The zero-order chi connectivity index (χ0) is 14.5. The predicted octanol–water partition coefficient (Wildman–Crippen LogP) is 2.95. The Balaban J connectivity index is 2.14. The Morgan fingerprint density at radius 1 is 1.45 bits per heavy atom. The van der Waals surface area contributed by atoms with Gasteiger partial charge in [-0.15, -0.1) is 0 Å². The third-order valence-electron chi connectivity index (χ3n) is 4.00. The fourth-order valence-electron chi connectivity index (χ4n) is 2.95. The molecule has 0 radical (unpaired) electrons. The van der Waals surface area contributed by atoms with Crippen molar-refractivity contribution in [3.8, 4) is 0 Å². The molecule has 1 saturated heterocycles. The number of rotatable bonds is 6. The van der Waals surface area contributed by atoms with Gasteiger partial charge in [0.2, 0.25) is 0 Å². The third-order valence-corrected chi connectivity index (χ3v) is 4.49. The number of hydrogen-bond acceptors (Lipinski definition) is 3. The van der Waals surface area contributed by atoms with Gasteiger partial charge in [-0.3, -0.25) is 4.68 Å². The minimum atomic E-state index is 0.292. The maximum atomic E-state index is 6.42. The monoisotopic (exact) mass is 299 g/mol. The molecule has 2 heterocycles. The molecule has 20 heavy (non-hydrogen) atoms. The Kier molecular flexibility index (Phi) is 5.87. The summed E-state index contributed by atoms with van der Waals surface area (Å²) in [7, 11) is 0. The van der Waals surface area contributed by atoms with Crippen LogP contribution in [0.5, 0.6) is 0 Å². The molecule has 1 fully saturated rings. The van der Waals surface area contributed by atoms with Crippen LogP contribution in [0, 0.1) is 6.92 Å². The lowest BCUT2D eigenvalue weighted by atomic mass is 9.98. The van der Waals surface area contributed by atoms with Crippen molar-refractivity contribution in [1.82, 2.24) is 15.1 Å². The van der Waals surface area contributed by atoms with Crippen molar-refractivity contribution >= 4 is 11.6 Å². The minimum Gasteiger partial charge on any atom is -0.377 e. The van der Waals surface area contributed by atoms with E-state index < -0.39 is 0 Å². The van der Waals surface area contributed by atoms with Gasteiger partial charge in [-0.05, 0) is 39.7 Å². The number of hydrogen-bond donors (Lipinski definition) is 1. The molecular weight excluding hydrogens is 274 g/mol. The Bertz CT molecular complexity index is 427. The Hall–Kier alpha value is -0.580. The van der Waals surface area contributed by atoms with E-state index in [-0.39, 0.29) is 0 Å². The van der Waals surface area contributed by atoms with Crippen LogP contribution in [0.25, 0.3) is 0 Å². The van der Waals surface area contributed by atoms with Gasteiger partial charge in [0.05, 0.1) is 22.5 Å². The molecule has 0 bridgehead atoms. The molecule has 1 aromatic rings. The summed E-state index contributed by atoms with van der Waals surface area (Å²) in [5, 5.41) is 8.88. The van der Waals surface area contributed by atoms with Gasteiger partial charge in [-0.2, -0.15) is 5.10 Å². The average Bonchev–Trinajstić information content (AvgIpc) is 2.75. The SMILES string of the molecule is CCNC(Cc1c(Cl)c(C)nn1CC)C1CCCCO1. The number of halogens is 1. The lowest BCUT2D eigenvalue weighted by Crippen LogP contribution is -2.44. The predicted molar refractivity (Wildman–Crippen MR) is 82.4 cm³/mol. The van der Waals surface area contributed by atoms with Crippen molar-refractivity contribution in [1.29, 1.82) is 0 Å². The molecule has 0 aliphatic carbocycles. The molecule has 0 amide bonds. The van der Waals surface area contributed by atoms with Gasteiger partial charge in [0.1, 0.15) is 0 Å². The van der Waals surface area contributed by atoms with Gasteiger partial charge < -0.3 is 10.1 Å². The smallest absolute Gasteiger partial charge is 0.0847 e. The van der Waals surface area contributed by atoms with E-state index in [9.17, 15) is 0 Å². The van der Waals surface area contributed by atoms with Crippen molar-refractivity contribution in [2.75, 3.05) is 13.2 Å². The standard InChI is InChI=1S/C15H26ClN3O/c1-4-17-12(14-8-6-7-9-20-14)10-13-15(16)11(3)18-19(13)5-2/h12,14,17H,4-10H2,1-3H3. The largest absolute Gasteiger partial charge is 0.377 e. The lowest BCUT2D eigenvalue weighted by molar-refractivity contribution is -0.00745. The van der Waals surface area contributed by atoms with E-state index in [2.05, 4.69) is 24.3 Å². The van der Waals surface area contributed by atoms with Crippen molar-refractivity contribution in [3.05, 3.63) is 16.4 Å². The van der Waals surface area contributed by atoms with Crippen molar-refractivity contribution < 1.29 is 4.74 Å². The Morgan fingerprint density at radius 2 is 2.25 bits per heavy atom. The molecule has 1 N–H and O–H groups in total. The molecular formula is C15H26ClN3O. The van der Waals surface area contributed by atoms with Gasteiger partial charge in [-0.25, -0.2) is 0 Å². The fraction of sp³-hybridized carbons (Fsp3) is 0.800. The zero-order valence-corrected chi connectivity index (χ0v) is 13.5. The first kappa shape index (κ1) is 15.8. The van der Waals surface area contributed by atoms with Crippen LogP contribution in [-0.4, -0.2) is 35.1 Å². The van der Waals surface area contributed by atoms with Crippen LogP contribution in [0.4, 0.5) is 0 Å². The molecule has 4 nitrogen and oxygen atoms in total. The first-order chi connectivity index (χ1) is 9.67. The maximum absolute atomic E-state index is 6.42. The highest BCUT2D eigenvalue weighted by atomic mass is 35.5. The topological polar surface area (TPSA) is 39.1 Å². The second-order valence-electron chi connectivity index (χ2n) is 5.44. The highest BCUT2D eigenvalue weighted by Gasteiger charge is 2.26. The minimum absolute atomic E-state index is 0.292. The number of nitrogens with zero attached hydrogens (tertiary/aromatic N) is 2. The molecule has 2 unspecified atom stereocenters. The second-order valence-corrected chi connectivity index (χ2v) is 5.81.